The van der Waals surface area contributed by atoms with Crippen LogP contribution in [0.15, 0.2) is 170 Å². The highest BCUT2D eigenvalue weighted by molar-refractivity contribution is 6.88. The van der Waals surface area contributed by atoms with Crippen molar-refractivity contribution in [2.24, 2.45) is 0 Å². The Kier molecular flexibility index (Phi) is 7.17. The van der Waals surface area contributed by atoms with E-state index in [1.54, 1.807) is 0 Å². The van der Waals surface area contributed by atoms with Crippen molar-refractivity contribution in [2.45, 2.75) is 58.3 Å². The smallest absolute Gasteiger partial charge is 0.329 e. The molecule has 296 valence electrons. The molecule has 0 fully saturated rings. The minimum atomic E-state index is 0.00113. The number of benzene rings is 9. The Labute approximate surface area is 363 Å². The summed E-state index contributed by atoms with van der Waals surface area (Å²) in [5.41, 5.74) is 18.8. The summed E-state index contributed by atoms with van der Waals surface area (Å²) in [6.45, 7) is 14.2. The van der Waals surface area contributed by atoms with E-state index < -0.39 is 0 Å². The standard InChI is InChI=1S/C59H47BN2/c1-58(2,3)40-29-39(30-41(34-40)59(4,5)6)55-49-21-13-18-46-48-20-14-19-47-45-17-9-12-24-54(45)62(57(47)48)60(56(46)49)51-33-38-28-36-31-42(26-25-35(36)27-37(38)32-50(51)55)61-52-22-10-7-15-43(52)44-16-8-11-23-53(44)61/h7-34,55H,1-6H3. The number of fused-ring (bicyclic) bond motifs is 12. The van der Waals surface area contributed by atoms with Crippen LogP contribution in [0.3, 0.4) is 0 Å². The van der Waals surface area contributed by atoms with Crippen molar-refractivity contribution in [3.63, 3.8) is 0 Å². The Morgan fingerprint density at radius 3 is 1.69 bits per heavy atom. The van der Waals surface area contributed by atoms with Gasteiger partial charge in [-0.2, -0.15) is 0 Å². The van der Waals surface area contributed by atoms with Gasteiger partial charge in [0.2, 0.25) is 0 Å². The summed E-state index contributed by atoms with van der Waals surface area (Å²) in [7, 11) is 0. The molecule has 3 heteroatoms. The fourth-order valence-electron chi connectivity index (χ4n) is 11.4. The molecule has 0 spiro atoms. The van der Waals surface area contributed by atoms with Crippen LogP contribution in [0.5, 0.6) is 0 Å². The lowest BCUT2D eigenvalue weighted by molar-refractivity contribution is 0.566. The molecule has 0 N–H and O–H groups in total. The molecule has 0 amide bonds. The number of nitrogens with zero attached hydrogens (tertiary/aromatic N) is 2. The highest BCUT2D eigenvalue weighted by Crippen LogP contribution is 2.46. The summed E-state index contributed by atoms with van der Waals surface area (Å²) >= 11 is 0. The largest absolute Gasteiger partial charge is 0.375 e. The quantitative estimate of drug-likeness (QED) is 0.122. The van der Waals surface area contributed by atoms with Gasteiger partial charge in [0.05, 0.1) is 11.0 Å². The second kappa shape index (κ2) is 12.4. The van der Waals surface area contributed by atoms with Gasteiger partial charge in [-0.25, -0.2) is 0 Å². The van der Waals surface area contributed by atoms with Gasteiger partial charge in [-0.15, -0.1) is 0 Å². The lowest BCUT2D eigenvalue weighted by Gasteiger charge is -2.39. The van der Waals surface area contributed by atoms with E-state index in [1.807, 2.05) is 0 Å². The lowest BCUT2D eigenvalue weighted by Crippen LogP contribution is -2.57. The van der Waals surface area contributed by atoms with E-state index in [-0.39, 0.29) is 23.6 Å². The molecule has 1 unspecified atom stereocenters. The van der Waals surface area contributed by atoms with Crippen LogP contribution in [0.2, 0.25) is 0 Å². The predicted octanol–water partition coefficient (Wildman–Crippen LogP) is 13.9. The number of hydrogen-bond acceptors (Lipinski definition) is 0. The first kappa shape index (κ1) is 35.9. The topological polar surface area (TPSA) is 9.86 Å². The summed E-state index contributed by atoms with van der Waals surface area (Å²) in [5, 5.41) is 10.3. The number of hydrogen-bond donors (Lipinski definition) is 0. The van der Waals surface area contributed by atoms with E-state index in [1.165, 1.54) is 121 Å². The van der Waals surface area contributed by atoms with Gasteiger partial charge >= 0.3 is 6.85 Å². The average molecular weight is 795 g/mol. The van der Waals surface area contributed by atoms with Crippen molar-refractivity contribution in [1.82, 2.24) is 9.05 Å². The molecule has 62 heavy (non-hydrogen) atoms. The van der Waals surface area contributed by atoms with Crippen LogP contribution in [0.4, 0.5) is 0 Å². The summed E-state index contributed by atoms with van der Waals surface area (Å²) in [5.74, 6) is 0.0694. The van der Waals surface area contributed by atoms with E-state index in [0.29, 0.717) is 0 Å². The average Bonchev–Trinajstić information content (AvgIpc) is 3.79. The van der Waals surface area contributed by atoms with Gasteiger partial charge in [0.15, 0.2) is 0 Å². The van der Waals surface area contributed by atoms with Crippen LogP contribution in [-0.2, 0) is 10.8 Å². The van der Waals surface area contributed by atoms with Crippen LogP contribution in [-0.4, -0.2) is 15.9 Å². The first-order valence-corrected chi connectivity index (χ1v) is 22.3. The molecule has 2 aliphatic rings. The van der Waals surface area contributed by atoms with Gasteiger partial charge < -0.3 is 9.05 Å². The van der Waals surface area contributed by atoms with Crippen molar-refractivity contribution in [3.8, 4) is 16.8 Å². The Morgan fingerprint density at radius 2 is 1.00 bits per heavy atom. The predicted molar refractivity (Wildman–Crippen MR) is 266 cm³/mol. The molecule has 11 aromatic rings. The van der Waals surface area contributed by atoms with Gasteiger partial charge in [0, 0.05) is 49.7 Å². The molecule has 0 radical (unpaired) electrons. The molecule has 0 saturated heterocycles. The first-order chi connectivity index (χ1) is 30.0. The fourth-order valence-corrected chi connectivity index (χ4v) is 11.4. The van der Waals surface area contributed by atoms with Crippen LogP contribution in [0, 0.1) is 0 Å². The summed E-state index contributed by atoms with van der Waals surface area (Å²) in [6.07, 6.45) is 0. The molecule has 2 nitrogen and oxygen atoms in total. The second-order valence-electron chi connectivity index (χ2n) is 20.2. The minimum Gasteiger partial charge on any atom is -0.375 e. The van der Waals surface area contributed by atoms with Gasteiger partial charge in [0.1, 0.15) is 0 Å². The van der Waals surface area contributed by atoms with Gasteiger partial charge in [-0.1, -0.05) is 169 Å². The highest BCUT2D eigenvalue weighted by atomic mass is 15.0. The van der Waals surface area contributed by atoms with Crippen LogP contribution < -0.4 is 10.9 Å². The van der Waals surface area contributed by atoms with E-state index >= 15 is 0 Å². The van der Waals surface area contributed by atoms with Crippen molar-refractivity contribution < 1.29 is 0 Å². The highest BCUT2D eigenvalue weighted by Gasteiger charge is 2.43. The molecular formula is C59H47BN2. The maximum absolute atomic E-state index is 2.69. The second-order valence-corrected chi connectivity index (χ2v) is 20.2. The number of aromatic nitrogens is 2. The normalized spacial score (nSPS) is 14.7. The van der Waals surface area contributed by atoms with E-state index in [4.69, 9.17) is 0 Å². The van der Waals surface area contributed by atoms with Crippen molar-refractivity contribution >= 4 is 82.9 Å². The Hall–Kier alpha value is -6.84. The molecule has 13 rings (SSSR count). The van der Waals surface area contributed by atoms with E-state index in [9.17, 15) is 0 Å². The molecule has 2 aromatic heterocycles. The maximum Gasteiger partial charge on any atom is 0.329 e. The molecule has 9 aromatic carbocycles. The number of rotatable bonds is 2. The molecule has 1 atom stereocenters. The monoisotopic (exact) mass is 794 g/mol. The summed E-state index contributed by atoms with van der Waals surface area (Å²) < 4.78 is 5.13. The third-order valence-corrected chi connectivity index (χ3v) is 14.4. The van der Waals surface area contributed by atoms with Crippen molar-refractivity contribution in [1.29, 1.82) is 0 Å². The Bertz CT molecular complexity index is 3650. The Balaban J connectivity index is 1.11. The third-order valence-electron chi connectivity index (χ3n) is 14.4. The maximum atomic E-state index is 2.69. The number of para-hydroxylation sites is 4. The first-order valence-electron chi connectivity index (χ1n) is 22.3. The Morgan fingerprint density at radius 1 is 0.435 bits per heavy atom. The minimum absolute atomic E-state index is 0.00113. The van der Waals surface area contributed by atoms with Crippen LogP contribution >= 0.6 is 0 Å². The van der Waals surface area contributed by atoms with Crippen LogP contribution in [0.25, 0.3) is 82.0 Å². The van der Waals surface area contributed by atoms with Gasteiger partial charge in [-0.3, -0.25) is 0 Å². The lowest BCUT2D eigenvalue weighted by atomic mass is 9.41. The fraction of sp³-hybridized carbons (Fsp3) is 0.153. The molecule has 0 aliphatic carbocycles. The molecular weight excluding hydrogens is 747 g/mol. The van der Waals surface area contributed by atoms with E-state index in [2.05, 4.69) is 220 Å². The molecule has 0 saturated carbocycles. The van der Waals surface area contributed by atoms with Crippen LogP contribution in [0.1, 0.15) is 75.3 Å². The summed E-state index contributed by atoms with van der Waals surface area (Å²) in [4.78, 5) is 0. The zero-order chi connectivity index (χ0) is 41.8. The third kappa shape index (κ3) is 4.94. The molecule has 2 aliphatic heterocycles. The van der Waals surface area contributed by atoms with Gasteiger partial charge in [0.25, 0.3) is 0 Å². The zero-order valence-electron chi connectivity index (χ0n) is 36.2. The molecule has 0 bridgehead atoms. The zero-order valence-corrected chi connectivity index (χ0v) is 36.2. The molecule has 4 heterocycles. The van der Waals surface area contributed by atoms with Crippen molar-refractivity contribution in [3.05, 3.63) is 198 Å². The van der Waals surface area contributed by atoms with E-state index in [0.717, 1.165) is 0 Å². The summed E-state index contributed by atoms with van der Waals surface area (Å²) in [6, 6.07) is 65.4. The van der Waals surface area contributed by atoms with Gasteiger partial charge in [-0.05, 0) is 119 Å². The SMILES string of the molecule is CC(C)(C)c1cc(C2c3cc4cc5ccc(-n6c7ccccc7c7ccccc76)cc5cc4cc3B3c4c(cccc42)-c2cccc4c5ccccc5n3c24)cc(C(C)(C)C)c1. The van der Waals surface area contributed by atoms with Crippen molar-refractivity contribution in [2.75, 3.05) is 0 Å².